The Bertz CT molecular complexity index is 896. The molecule has 6 nitrogen and oxygen atoms in total. The fourth-order valence-electron chi connectivity index (χ4n) is 3.12. The summed E-state index contributed by atoms with van der Waals surface area (Å²) in [5, 5.41) is 0.742. The van der Waals surface area contributed by atoms with Gasteiger partial charge >= 0.3 is 0 Å². The monoisotopic (exact) mass is 339 g/mol. The van der Waals surface area contributed by atoms with Crippen LogP contribution in [0.15, 0.2) is 36.9 Å². The van der Waals surface area contributed by atoms with Crippen LogP contribution in [0.1, 0.15) is 18.5 Å². The summed E-state index contributed by atoms with van der Waals surface area (Å²) in [6.07, 6.45) is 6.65. The van der Waals surface area contributed by atoms with Gasteiger partial charge in [0.15, 0.2) is 0 Å². The van der Waals surface area contributed by atoms with Crippen molar-refractivity contribution in [1.29, 1.82) is 0 Å². The Balaban J connectivity index is 1.48. The first-order valence-electron chi connectivity index (χ1n) is 8.29. The number of rotatable bonds is 3. The van der Waals surface area contributed by atoms with Crippen LogP contribution in [-0.4, -0.2) is 39.1 Å². The largest absolute Gasteiger partial charge is 0.473 e. The first kappa shape index (κ1) is 15.7. The number of aromatic nitrogens is 4. The Kier molecular flexibility index (Phi) is 4.13. The average Bonchev–Trinajstić information content (AvgIpc) is 2.62. The Morgan fingerprint density at radius 1 is 1.16 bits per heavy atom. The lowest BCUT2D eigenvalue weighted by Gasteiger charge is -2.33. The van der Waals surface area contributed by atoms with Crippen molar-refractivity contribution in [2.45, 2.75) is 25.9 Å². The average molecular weight is 339 g/mol. The van der Waals surface area contributed by atoms with E-state index in [-0.39, 0.29) is 11.9 Å². The maximum absolute atomic E-state index is 13.6. The molecule has 128 valence electrons. The zero-order valence-corrected chi connectivity index (χ0v) is 13.9. The molecule has 1 aliphatic rings. The molecule has 0 atom stereocenters. The van der Waals surface area contributed by atoms with E-state index in [4.69, 9.17) is 4.74 Å². The SMILES string of the molecule is Cc1cncc(OC2CCN(c3ncnc4ccc(F)cc34)CC2)n1. The van der Waals surface area contributed by atoms with Gasteiger partial charge < -0.3 is 9.64 Å². The van der Waals surface area contributed by atoms with Crippen LogP contribution in [-0.2, 0) is 0 Å². The van der Waals surface area contributed by atoms with Gasteiger partial charge in [0, 0.05) is 37.5 Å². The molecule has 0 amide bonds. The third kappa shape index (κ3) is 3.35. The first-order valence-corrected chi connectivity index (χ1v) is 8.29. The van der Waals surface area contributed by atoms with E-state index in [2.05, 4.69) is 24.8 Å². The van der Waals surface area contributed by atoms with Crippen molar-refractivity contribution in [3.63, 3.8) is 0 Å². The smallest absolute Gasteiger partial charge is 0.232 e. The third-order valence-electron chi connectivity index (χ3n) is 4.34. The molecule has 0 aliphatic carbocycles. The van der Waals surface area contributed by atoms with Gasteiger partial charge in [-0.25, -0.2) is 19.3 Å². The fraction of sp³-hybridized carbons (Fsp3) is 0.333. The highest BCUT2D eigenvalue weighted by Gasteiger charge is 2.23. The van der Waals surface area contributed by atoms with Crippen LogP contribution < -0.4 is 9.64 Å². The molecule has 7 heteroatoms. The van der Waals surface area contributed by atoms with Gasteiger partial charge in [0.05, 0.1) is 17.4 Å². The number of hydrogen-bond acceptors (Lipinski definition) is 6. The summed E-state index contributed by atoms with van der Waals surface area (Å²) in [6, 6.07) is 4.60. The minimum absolute atomic E-state index is 0.0946. The summed E-state index contributed by atoms with van der Waals surface area (Å²) in [5.74, 6) is 1.06. The molecule has 1 aliphatic heterocycles. The minimum atomic E-state index is -0.278. The van der Waals surface area contributed by atoms with Crippen molar-refractivity contribution in [1.82, 2.24) is 19.9 Å². The van der Waals surface area contributed by atoms with Gasteiger partial charge in [0.25, 0.3) is 0 Å². The quantitative estimate of drug-likeness (QED) is 0.731. The zero-order chi connectivity index (χ0) is 17.2. The number of benzene rings is 1. The Hall–Kier alpha value is -2.83. The number of piperidine rings is 1. The number of hydrogen-bond donors (Lipinski definition) is 0. The lowest BCUT2D eigenvalue weighted by molar-refractivity contribution is 0.163. The summed E-state index contributed by atoms with van der Waals surface area (Å²) in [5.41, 5.74) is 1.59. The standard InChI is InChI=1S/C18H18FN5O/c1-12-9-20-10-17(23-12)25-14-4-6-24(7-5-14)18-15-8-13(19)2-3-16(15)21-11-22-18/h2-3,8-11,14H,4-7H2,1H3. The van der Waals surface area contributed by atoms with Crippen molar-refractivity contribution in [2.24, 2.45) is 0 Å². The van der Waals surface area contributed by atoms with Gasteiger partial charge in [-0.3, -0.25) is 4.98 Å². The molecule has 4 rings (SSSR count). The van der Waals surface area contributed by atoms with Crippen LogP contribution in [0.25, 0.3) is 10.9 Å². The summed E-state index contributed by atoms with van der Waals surface area (Å²) in [6.45, 7) is 3.46. The van der Waals surface area contributed by atoms with Crippen LogP contribution in [0.4, 0.5) is 10.2 Å². The molecular weight excluding hydrogens is 321 g/mol. The molecule has 2 aromatic heterocycles. The highest BCUT2D eigenvalue weighted by atomic mass is 19.1. The van der Waals surface area contributed by atoms with E-state index in [1.54, 1.807) is 18.5 Å². The molecule has 25 heavy (non-hydrogen) atoms. The molecule has 0 radical (unpaired) electrons. The van der Waals surface area contributed by atoms with Crippen molar-refractivity contribution in [3.05, 3.63) is 48.4 Å². The van der Waals surface area contributed by atoms with Gasteiger partial charge in [-0.2, -0.15) is 0 Å². The van der Waals surface area contributed by atoms with Crippen molar-refractivity contribution >= 4 is 16.7 Å². The van der Waals surface area contributed by atoms with Gasteiger partial charge in [0.1, 0.15) is 24.1 Å². The van der Waals surface area contributed by atoms with Crippen LogP contribution in [0, 0.1) is 12.7 Å². The van der Waals surface area contributed by atoms with E-state index in [1.807, 2.05) is 6.92 Å². The van der Waals surface area contributed by atoms with E-state index in [9.17, 15) is 4.39 Å². The fourth-order valence-corrected chi connectivity index (χ4v) is 3.12. The molecule has 1 saturated heterocycles. The molecule has 0 bridgehead atoms. The van der Waals surface area contributed by atoms with Crippen LogP contribution in [0.2, 0.25) is 0 Å². The lowest BCUT2D eigenvalue weighted by atomic mass is 10.1. The predicted octanol–water partition coefficient (Wildman–Crippen LogP) is 2.92. The van der Waals surface area contributed by atoms with Gasteiger partial charge in [0.2, 0.25) is 5.88 Å². The first-order chi connectivity index (χ1) is 12.2. The lowest BCUT2D eigenvalue weighted by Crippen LogP contribution is -2.39. The highest BCUT2D eigenvalue weighted by Crippen LogP contribution is 2.27. The van der Waals surface area contributed by atoms with Crippen LogP contribution in [0.5, 0.6) is 5.88 Å². The second-order valence-electron chi connectivity index (χ2n) is 6.16. The molecular formula is C18H18FN5O. The number of anilines is 1. The summed E-state index contributed by atoms with van der Waals surface area (Å²) >= 11 is 0. The summed E-state index contributed by atoms with van der Waals surface area (Å²) in [7, 11) is 0. The maximum Gasteiger partial charge on any atom is 0.232 e. The Morgan fingerprint density at radius 2 is 2.00 bits per heavy atom. The predicted molar refractivity (Wildman–Crippen MR) is 92.1 cm³/mol. The van der Waals surface area contributed by atoms with E-state index in [1.165, 1.54) is 18.5 Å². The van der Waals surface area contributed by atoms with Crippen molar-refractivity contribution < 1.29 is 9.13 Å². The maximum atomic E-state index is 13.6. The number of aryl methyl sites for hydroxylation is 1. The van der Waals surface area contributed by atoms with Crippen molar-refractivity contribution in [2.75, 3.05) is 18.0 Å². The number of fused-ring (bicyclic) bond motifs is 1. The molecule has 0 N–H and O–H groups in total. The van der Waals surface area contributed by atoms with E-state index in [0.29, 0.717) is 5.88 Å². The molecule has 0 saturated carbocycles. The summed E-state index contributed by atoms with van der Waals surface area (Å²) < 4.78 is 19.5. The highest BCUT2D eigenvalue weighted by molar-refractivity contribution is 5.89. The third-order valence-corrected chi connectivity index (χ3v) is 4.34. The van der Waals surface area contributed by atoms with E-state index in [0.717, 1.165) is 48.3 Å². The molecule has 1 aromatic carbocycles. The second-order valence-corrected chi connectivity index (χ2v) is 6.16. The van der Waals surface area contributed by atoms with Crippen molar-refractivity contribution in [3.8, 4) is 5.88 Å². The molecule has 0 spiro atoms. The molecule has 1 fully saturated rings. The number of nitrogens with zero attached hydrogens (tertiary/aromatic N) is 5. The number of halogens is 1. The molecule has 0 unspecified atom stereocenters. The van der Waals surface area contributed by atoms with Gasteiger partial charge in [-0.1, -0.05) is 0 Å². The number of ether oxygens (including phenoxy) is 1. The Morgan fingerprint density at radius 3 is 2.80 bits per heavy atom. The molecule has 3 aromatic rings. The van der Waals surface area contributed by atoms with Crippen LogP contribution in [0.3, 0.4) is 0 Å². The van der Waals surface area contributed by atoms with E-state index < -0.39 is 0 Å². The topological polar surface area (TPSA) is 64.0 Å². The van der Waals surface area contributed by atoms with Gasteiger partial charge in [-0.15, -0.1) is 0 Å². The second kappa shape index (κ2) is 6.58. The zero-order valence-electron chi connectivity index (χ0n) is 13.9. The summed E-state index contributed by atoms with van der Waals surface area (Å²) in [4.78, 5) is 19.2. The van der Waals surface area contributed by atoms with Crippen LogP contribution >= 0.6 is 0 Å². The normalized spacial score (nSPS) is 15.5. The molecule has 3 heterocycles. The minimum Gasteiger partial charge on any atom is -0.473 e. The van der Waals surface area contributed by atoms with Gasteiger partial charge in [-0.05, 0) is 25.1 Å². The van der Waals surface area contributed by atoms with E-state index >= 15 is 0 Å². The Labute approximate surface area is 144 Å².